The predicted molar refractivity (Wildman–Crippen MR) is 82.1 cm³/mol. The van der Waals surface area contributed by atoms with Crippen LogP contribution in [0.4, 0.5) is 0 Å². The quantitative estimate of drug-likeness (QED) is 0.386. The maximum Gasteiger partial charge on any atom is 0.387 e. The van der Waals surface area contributed by atoms with E-state index in [1.54, 1.807) is 0 Å². The van der Waals surface area contributed by atoms with Gasteiger partial charge in [0.25, 0.3) is 0 Å². The molecule has 0 aliphatic heterocycles. The first-order valence-electron chi connectivity index (χ1n) is 6.94. The molecule has 6 heteroatoms. The summed E-state index contributed by atoms with van der Waals surface area (Å²) in [6, 6.07) is 0.734. The number of hydrogen-bond donors (Lipinski definition) is 2. The SMILES string of the molecule is CCO[Si](CC(C)(N=C(N)N)C(C)(C)CC)OCC. The molecule has 0 spiro atoms. The van der Waals surface area contributed by atoms with Crippen LogP contribution in [0.15, 0.2) is 4.99 Å². The molecule has 4 N–H and O–H groups in total. The van der Waals surface area contributed by atoms with Crippen LogP contribution >= 0.6 is 0 Å². The molecule has 0 saturated heterocycles. The Bertz CT molecular complexity index is 288. The summed E-state index contributed by atoms with van der Waals surface area (Å²) in [5.41, 5.74) is 10.8. The van der Waals surface area contributed by atoms with Crippen molar-refractivity contribution >= 4 is 15.2 Å². The largest absolute Gasteiger partial charge is 0.394 e. The summed E-state index contributed by atoms with van der Waals surface area (Å²) in [5.74, 6) is 0.123. The monoisotopic (exact) mass is 288 g/mol. The maximum absolute atomic E-state index is 5.73. The highest BCUT2D eigenvalue weighted by molar-refractivity contribution is 6.44. The Kier molecular flexibility index (Phi) is 7.62. The maximum atomic E-state index is 5.73. The van der Waals surface area contributed by atoms with Crippen LogP contribution < -0.4 is 11.5 Å². The van der Waals surface area contributed by atoms with Gasteiger partial charge in [0.1, 0.15) is 0 Å². The first-order valence-corrected chi connectivity index (χ1v) is 8.47. The Morgan fingerprint density at radius 2 is 1.53 bits per heavy atom. The van der Waals surface area contributed by atoms with Gasteiger partial charge in [-0.1, -0.05) is 20.8 Å². The Hall–Kier alpha value is -0.593. The van der Waals surface area contributed by atoms with Crippen molar-refractivity contribution in [3.63, 3.8) is 0 Å². The average Bonchev–Trinajstić information content (AvgIpc) is 2.28. The highest BCUT2D eigenvalue weighted by atomic mass is 28.3. The van der Waals surface area contributed by atoms with Gasteiger partial charge in [-0.15, -0.1) is 0 Å². The smallest absolute Gasteiger partial charge is 0.387 e. The fourth-order valence-corrected chi connectivity index (χ4v) is 3.89. The van der Waals surface area contributed by atoms with Gasteiger partial charge in [0.15, 0.2) is 5.96 Å². The van der Waals surface area contributed by atoms with E-state index in [0.717, 1.165) is 12.5 Å². The first kappa shape index (κ1) is 18.4. The van der Waals surface area contributed by atoms with Crippen molar-refractivity contribution in [3.8, 4) is 0 Å². The second-order valence-corrected chi connectivity index (χ2v) is 7.14. The molecule has 0 aliphatic carbocycles. The van der Waals surface area contributed by atoms with Crippen molar-refractivity contribution in [1.29, 1.82) is 0 Å². The van der Waals surface area contributed by atoms with Crippen molar-refractivity contribution in [1.82, 2.24) is 0 Å². The molecule has 0 bridgehead atoms. The molecular weight excluding hydrogens is 258 g/mol. The summed E-state index contributed by atoms with van der Waals surface area (Å²) in [6.07, 6.45) is 0.980. The molecule has 0 heterocycles. The molecule has 1 radical (unpaired) electrons. The fourth-order valence-electron chi connectivity index (χ4n) is 1.84. The van der Waals surface area contributed by atoms with E-state index in [0.29, 0.717) is 13.2 Å². The van der Waals surface area contributed by atoms with E-state index in [9.17, 15) is 0 Å². The van der Waals surface area contributed by atoms with Crippen LogP contribution in [0.5, 0.6) is 0 Å². The zero-order valence-electron chi connectivity index (χ0n) is 13.2. The summed E-state index contributed by atoms with van der Waals surface area (Å²) in [4.78, 5) is 4.49. The minimum Gasteiger partial charge on any atom is -0.394 e. The number of nitrogens with zero attached hydrogens (tertiary/aromatic N) is 1. The van der Waals surface area contributed by atoms with Gasteiger partial charge in [-0.25, -0.2) is 4.99 Å². The van der Waals surface area contributed by atoms with Crippen LogP contribution in [0.3, 0.4) is 0 Å². The van der Waals surface area contributed by atoms with Crippen molar-refractivity contribution < 1.29 is 8.85 Å². The van der Waals surface area contributed by atoms with Crippen LogP contribution in [0.1, 0.15) is 48.0 Å². The number of guanidine groups is 1. The van der Waals surface area contributed by atoms with Crippen molar-refractivity contribution in [3.05, 3.63) is 0 Å². The third-order valence-corrected chi connectivity index (χ3v) is 6.02. The molecule has 0 aromatic heterocycles. The third kappa shape index (κ3) is 5.50. The number of rotatable bonds is 9. The Morgan fingerprint density at radius 3 is 1.84 bits per heavy atom. The van der Waals surface area contributed by atoms with Crippen molar-refractivity contribution in [2.24, 2.45) is 21.9 Å². The molecule has 0 aromatic carbocycles. The number of nitrogens with two attached hydrogens (primary N) is 2. The second kappa shape index (κ2) is 7.87. The zero-order chi connectivity index (χ0) is 15.1. The van der Waals surface area contributed by atoms with E-state index >= 15 is 0 Å². The lowest BCUT2D eigenvalue weighted by Gasteiger charge is -2.41. The average molecular weight is 288 g/mol. The minimum absolute atomic E-state index is 0.0267. The molecule has 0 amide bonds. The molecule has 0 aliphatic rings. The predicted octanol–water partition coefficient (Wildman–Crippen LogP) is 2.02. The first-order chi connectivity index (χ1) is 8.72. The van der Waals surface area contributed by atoms with E-state index in [-0.39, 0.29) is 16.9 Å². The highest BCUT2D eigenvalue weighted by Gasteiger charge is 2.43. The molecule has 1 atom stereocenters. The summed E-state index contributed by atoms with van der Waals surface area (Å²) in [6.45, 7) is 13.8. The van der Waals surface area contributed by atoms with Crippen LogP contribution in [0, 0.1) is 5.41 Å². The van der Waals surface area contributed by atoms with Gasteiger partial charge in [-0.3, -0.25) is 0 Å². The summed E-state index contributed by atoms with van der Waals surface area (Å²) >= 11 is 0. The molecule has 0 rings (SSSR count). The van der Waals surface area contributed by atoms with Crippen LogP contribution in [0.25, 0.3) is 0 Å². The molecular formula is C13H30N3O2Si. The van der Waals surface area contributed by atoms with E-state index < -0.39 is 9.28 Å². The van der Waals surface area contributed by atoms with Gasteiger partial charge < -0.3 is 20.3 Å². The van der Waals surface area contributed by atoms with E-state index in [1.807, 2.05) is 13.8 Å². The lowest BCUT2D eigenvalue weighted by Crippen LogP contribution is -2.47. The van der Waals surface area contributed by atoms with Gasteiger partial charge in [0.2, 0.25) is 0 Å². The molecule has 19 heavy (non-hydrogen) atoms. The van der Waals surface area contributed by atoms with Crippen LogP contribution in [-0.4, -0.2) is 34.0 Å². The standard InChI is InChI=1S/C13H30N3O2Si/c1-7-12(4,5)13(6,16-11(14)15)10-19(17-8-2)18-9-3/h7-10H2,1-6H3,(H4,14,15,16). The minimum atomic E-state index is -1.36. The van der Waals surface area contributed by atoms with E-state index in [1.165, 1.54) is 0 Å². The molecule has 0 saturated carbocycles. The Balaban J connectivity index is 5.20. The normalized spacial score (nSPS) is 15.3. The Labute approximate surface area is 119 Å². The van der Waals surface area contributed by atoms with Gasteiger partial charge in [-0.05, 0) is 32.6 Å². The molecule has 5 nitrogen and oxygen atoms in total. The van der Waals surface area contributed by atoms with E-state index in [2.05, 4.69) is 32.7 Å². The van der Waals surface area contributed by atoms with Crippen molar-refractivity contribution in [2.45, 2.75) is 59.5 Å². The number of hydrogen-bond acceptors (Lipinski definition) is 3. The summed E-state index contributed by atoms with van der Waals surface area (Å²) in [7, 11) is -1.36. The Morgan fingerprint density at radius 1 is 1.05 bits per heavy atom. The second-order valence-electron chi connectivity index (χ2n) is 5.46. The van der Waals surface area contributed by atoms with Gasteiger partial charge in [0.05, 0.1) is 5.54 Å². The van der Waals surface area contributed by atoms with Gasteiger partial charge in [0, 0.05) is 19.3 Å². The zero-order valence-corrected chi connectivity index (χ0v) is 14.2. The summed E-state index contributed by atoms with van der Waals surface area (Å²) in [5, 5.41) is 0. The number of aliphatic imine (C=N–C) groups is 1. The third-order valence-electron chi connectivity index (χ3n) is 3.82. The lowest BCUT2D eigenvalue weighted by atomic mass is 9.73. The highest BCUT2D eigenvalue weighted by Crippen LogP contribution is 2.41. The van der Waals surface area contributed by atoms with Gasteiger partial charge in [-0.2, -0.15) is 0 Å². The van der Waals surface area contributed by atoms with Gasteiger partial charge >= 0.3 is 9.28 Å². The molecule has 113 valence electrons. The van der Waals surface area contributed by atoms with E-state index in [4.69, 9.17) is 20.3 Å². The van der Waals surface area contributed by atoms with Crippen LogP contribution in [0.2, 0.25) is 6.04 Å². The fraction of sp³-hybridized carbons (Fsp3) is 0.923. The molecule has 1 unspecified atom stereocenters. The molecule has 0 aromatic rings. The van der Waals surface area contributed by atoms with Crippen molar-refractivity contribution in [2.75, 3.05) is 13.2 Å². The summed E-state index contributed by atoms with van der Waals surface area (Å²) < 4.78 is 11.5. The van der Waals surface area contributed by atoms with Crippen LogP contribution in [-0.2, 0) is 8.85 Å². The lowest BCUT2D eigenvalue weighted by molar-refractivity contribution is 0.160. The molecule has 0 fully saturated rings. The topological polar surface area (TPSA) is 82.9 Å².